The second kappa shape index (κ2) is 7.23. The van der Waals surface area contributed by atoms with Gasteiger partial charge in [-0.2, -0.15) is 0 Å². The lowest BCUT2D eigenvalue weighted by Gasteiger charge is -2.22. The highest BCUT2D eigenvalue weighted by Crippen LogP contribution is 2.28. The minimum Gasteiger partial charge on any atom is -0.452 e. The molecule has 1 aliphatic heterocycles. The van der Waals surface area contributed by atoms with Crippen LogP contribution < -0.4 is 0 Å². The summed E-state index contributed by atoms with van der Waals surface area (Å²) in [6.45, 7) is 4.06. The summed E-state index contributed by atoms with van der Waals surface area (Å²) < 4.78 is 20.9. The van der Waals surface area contributed by atoms with Crippen LogP contribution in [0.4, 0.5) is 0 Å². The van der Waals surface area contributed by atoms with Crippen molar-refractivity contribution in [2.75, 3.05) is 0 Å². The third-order valence-electron chi connectivity index (χ3n) is 3.24. The lowest BCUT2D eigenvalue weighted by molar-refractivity contribution is -0.194. The van der Waals surface area contributed by atoms with E-state index in [1.165, 1.54) is 13.8 Å². The standard InChI is InChI=1S/C16H18O7/c1-9-13(23-15(19)12-7-5-4-6-8-12)14(21-10(2)17)16(20-9)22-11(3)18/h4-9,13-14,16H,1-3H3/t9-,13+,14-,16?/m1/s1. The lowest BCUT2D eigenvalue weighted by atomic mass is 10.1. The van der Waals surface area contributed by atoms with Crippen molar-refractivity contribution >= 4 is 17.9 Å². The molecule has 0 amide bonds. The van der Waals surface area contributed by atoms with Crippen molar-refractivity contribution < 1.29 is 33.3 Å². The molecule has 2 rings (SSSR count). The molecule has 124 valence electrons. The van der Waals surface area contributed by atoms with Gasteiger partial charge in [0.1, 0.15) is 6.10 Å². The predicted molar refractivity (Wildman–Crippen MR) is 77.3 cm³/mol. The van der Waals surface area contributed by atoms with Gasteiger partial charge >= 0.3 is 17.9 Å². The van der Waals surface area contributed by atoms with Gasteiger partial charge in [0.15, 0.2) is 6.10 Å². The maximum absolute atomic E-state index is 12.2. The van der Waals surface area contributed by atoms with Gasteiger partial charge in [-0.05, 0) is 19.1 Å². The molecule has 0 radical (unpaired) electrons. The Morgan fingerprint density at radius 1 is 0.913 bits per heavy atom. The van der Waals surface area contributed by atoms with Crippen LogP contribution >= 0.6 is 0 Å². The fourth-order valence-corrected chi connectivity index (χ4v) is 2.29. The Hall–Kier alpha value is -2.41. The third-order valence-corrected chi connectivity index (χ3v) is 3.24. The summed E-state index contributed by atoms with van der Waals surface area (Å²) in [5.74, 6) is -1.76. The van der Waals surface area contributed by atoms with Crippen LogP contribution in [0.3, 0.4) is 0 Å². The summed E-state index contributed by atoms with van der Waals surface area (Å²) in [5, 5.41) is 0. The van der Waals surface area contributed by atoms with Crippen LogP contribution in [0.2, 0.25) is 0 Å². The largest absolute Gasteiger partial charge is 0.452 e. The Kier molecular flexibility index (Phi) is 5.33. The second-order valence-corrected chi connectivity index (χ2v) is 5.13. The molecular weight excluding hydrogens is 304 g/mol. The molecule has 7 heteroatoms. The van der Waals surface area contributed by atoms with E-state index in [2.05, 4.69) is 0 Å². The fraction of sp³-hybridized carbons (Fsp3) is 0.438. The quantitative estimate of drug-likeness (QED) is 0.612. The van der Waals surface area contributed by atoms with Gasteiger partial charge < -0.3 is 18.9 Å². The molecule has 1 aromatic carbocycles. The Balaban J connectivity index is 2.15. The first kappa shape index (κ1) is 17.0. The van der Waals surface area contributed by atoms with E-state index < -0.39 is 42.5 Å². The first-order chi connectivity index (χ1) is 10.9. The number of carbonyl (C=O) groups is 3. The van der Waals surface area contributed by atoms with Crippen LogP contribution in [0.1, 0.15) is 31.1 Å². The second-order valence-electron chi connectivity index (χ2n) is 5.13. The smallest absolute Gasteiger partial charge is 0.338 e. The number of benzene rings is 1. The van der Waals surface area contributed by atoms with E-state index in [0.717, 1.165) is 0 Å². The molecule has 0 aliphatic carbocycles. The molecule has 1 heterocycles. The average molecular weight is 322 g/mol. The first-order valence-electron chi connectivity index (χ1n) is 7.14. The van der Waals surface area contributed by atoms with Crippen molar-refractivity contribution in [2.45, 2.75) is 45.4 Å². The van der Waals surface area contributed by atoms with Crippen molar-refractivity contribution in [3.8, 4) is 0 Å². The van der Waals surface area contributed by atoms with Gasteiger partial charge in [0, 0.05) is 13.8 Å². The van der Waals surface area contributed by atoms with Crippen molar-refractivity contribution in [3.63, 3.8) is 0 Å². The molecule has 7 nitrogen and oxygen atoms in total. The molecular formula is C16H18O7. The van der Waals surface area contributed by atoms with Gasteiger partial charge in [0.05, 0.1) is 5.56 Å². The SMILES string of the molecule is CC(=O)OC1O[C@H](C)[C@H](OC(=O)c2ccccc2)[C@H]1OC(C)=O. The number of rotatable bonds is 4. The fourth-order valence-electron chi connectivity index (χ4n) is 2.29. The molecule has 0 bridgehead atoms. The van der Waals surface area contributed by atoms with E-state index in [1.54, 1.807) is 37.3 Å². The van der Waals surface area contributed by atoms with Crippen LogP contribution in [0, 0.1) is 0 Å². The summed E-state index contributed by atoms with van der Waals surface area (Å²) in [7, 11) is 0. The van der Waals surface area contributed by atoms with Gasteiger partial charge in [0.25, 0.3) is 0 Å². The minimum absolute atomic E-state index is 0.359. The van der Waals surface area contributed by atoms with E-state index in [-0.39, 0.29) is 0 Å². The summed E-state index contributed by atoms with van der Waals surface area (Å²) in [6, 6.07) is 8.39. The van der Waals surface area contributed by atoms with Gasteiger partial charge in [-0.25, -0.2) is 4.79 Å². The summed E-state index contributed by atoms with van der Waals surface area (Å²) in [6.07, 6.45) is -3.61. The molecule has 1 aliphatic rings. The normalized spacial score (nSPS) is 26.4. The van der Waals surface area contributed by atoms with Crippen molar-refractivity contribution in [1.82, 2.24) is 0 Å². The number of hydrogen-bond acceptors (Lipinski definition) is 7. The zero-order valence-corrected chi connectivity index (χ0v) is 13.1. The highest BCUT2D eigenvalue weighted by molar-refractivity contribution is 5.89. The lowest BCUT2D eigenvalue weighted by Crippen LogP contribution is -2.40. The van der Waals surface area contributed by atoms with E-state index in [1.807, 2.05) is 0 Å². The maximum atomic E-state index is 12.2. The van der Waals surface area contributed by atoms with E-state index >= 15 is 0 Å². The van der Waals surface area contributed by atoms with Crippen LogP contribution in [0.5, 0.6) is 0 Å². The molecule has 1 aromatic rings. The Bertz CT molecular complexity index is 583. The Morgan fingerprint density at radius 3 is 2.09 bits per heavy atom. The number of hydrogen-bond donors (Lipinski definition) is 0. The van der Waals surface area contributed by atoms with Crippen LogP contribution in [0.15, 0.2) is 30.3 Å². The molecule has 1 fully saturated rings. The topological polar surface area (TPSA) is 88.1 Å². The van der Waals surface area contributed by atoms with E-state index in [4.69, 9.17) is 18.9 Å². The zero-order chi connectivity index (χ0) is 17.0. The van der Waals surface area contributed by atoms with Crippen molar-refractivity contribution in [1.29, 1.82) is 0 Å². The summed E-state index contributed by atoms with van der Waals surface area (Å²) in [5.41, 5.74) is 0.359. The van der Waals surface area contributed by atoms with Gasteiger partial charge in [-0.15, -0.1) is 0 Å². The summed E-state index contributed by atoms with van der Waals surface area (Å²) >= 11 is 0. The highest BCUT2D eigenvalue weighted by atomic mass is 16.7. The molecule has 0 N–H and O–H groups in total. The van der Waals surface area contributed by atoms with Crippen molar-refractivity contribution in [2.24, 2.45) is 0 Å². The number of ether oxygens (including phenoxy) is 4. The Labute approximate surface area is 133 Å². The Morgan fingerprint density at radius 2 is 1.52 bits per heavy atom. The molecule has 1 unspecified atom stereocenters. The first-order valence-corrected chi connectivity index (χ1v) is 7.14. The molecule has 4 atom stereocenters. The monoisotopic (exact) mass is 322 g/mol. The van der Waals surface area contributed by atoms with Crippen LogP contribution in [0.25, 0.3) is 0 Å². The number of esters is 3. The van der Waals surface area contributed by atoms with E-state index in [9.17, 15) is 14.4 Å². The molecule has 1 saturated heterocycles. The summed E-state index contributed by atoms with van der Waals surface area (Å²) in [4.78, 5) is 34.6. The maximum Gasteiger partial charge on any atom is 0.338 e. The van der Waals surface area contributed by atoms with Gasteiger partial charge in [0.2, 0.25) is 12.4 Å². The highest BCUT2D eigenvalue weighted by Gasteiger charge is 2.49. The molecule has 0 aromatic heterocycles. The minimum atomic E-state index is -1.11. The van der Waals surface area contributed by atoms with Crippen LogP contribution in [-0.2, 0) is 28.5 Å². The third kappa shape index (κ3) is 4.29. The van der Waals surface area contributed by atoms with E-state index in [0.29, 0.717) is 5.56 Å². The molecule has 0 spiro atoms. The van der Waals surface area contributed by atoms with Gasteiger partial charge in [-0.1, -0.05) is 18.2 Å². The average Bonchev–Trinajstić information content (AvgIpc) is 2.75. The molecule has 0 saturated carbocycles. The predicted octanol–water partition coefficient (Wildman–Crippen LogP) is 1.45. The van der Waals surface area contributed by atoms with Crippen molar-refractivity contribution in [3.05, 3.63) is 35.9 Å². The number of carbonyl (C=O) groups excluding carboxylic acids is 3. The van der Waals surface area contributed by atoms with Gasteiger partial charge in [-0.3, -0.25) is 9.59 Å². The van der Waals surface area contributed by atoms with Crippen LogP contribution in [-0.4, -0.2) is 42.5 Å². The molecule has 23 heavy (non-hydrogen) atoms. The zero-order valence-electron chi connectivity index (χ0n) is 13.1.